The molecule has 5 N–H and O–H groups in total. The molecule has 1 aromatic heterocycles. The number of hydrogen-bond donors (Lipinski definition) is 3. The molecule has 0 bridgehead atoms. The Bertz CT molecular complexity index is 1020. The fourth-order valence-electron chi connectivity index (χ4n) is 4.01. The van der Waals surface area contributed by atoms with Gasteiger partial charge in [-0.1, -0.05) is 0 Å². The molecule has 0 spiro atoms. The van der Waals surface area contributed by atoms with E-state index in [4.69, 9.17) is 21.1 Å². The molecule has 31 heavy (non-hydrogen) atoms. The molecular weight excluding hydrogens is 398 g/mol. The number of esters is 1. The molecule has 0 fully saturated rings. The highest BCUT2D eigenvalue weighted by Crippen LogP contribution is 2.39. The van der Waals surface area contributed by atoms with Gasteiger partial charge < -0.3 is 24.9 Å². The topological polar surface area (TPSA) is 128 Å². The van der Waals surface area contributed by atoms with Gasteiger partial charge in [0.1, 0.15) is 11.4 Å². The second-order valence-corrected chi connectivity index (χ2v) is 8.28. The summed E-state index contributed by atoms with van der Waals surface area (Å²) in [5.41, 5.74) is 10.0. The SMILES string of the molecule is CCOC(=O)c1cc(CC(C)(C)O)c2n1CCc1cc(OC)c(/C(N)=N/N(C)N)cc1-2. The van der Waals surface area contributed by atoms with Crippen molar-refractivity contribution in [1.82, 2.24) is 9.69 Å². The van der Waals surface area contributed by atoms with E-state index in [9.17, 15) is 9.90 Å². The molecule has 1 aliphatic rings. The van der Waals surface area contributed by atoms with E-state index in [2.05, 4.69) is 5.10 Å². The molecule has 168 valence electrons. The van der Waals surface area contributed by atoms with Gasteiger partial charge in [0.25, 0.3) is 0 Å². The number of aryl methyl sites for hydroxylation is 1. The van der Waals surface area contributed by atoms with E-state index in [0.717, 1.165) is 27.5 Å². The summed E-state index contributed by atoms with van der Waals surface area (Å²) >= 11 is 0. The summed E-state index contributed by atoms with van der Waals surface area (Å²) in [6, 6.07) is 5.66. The molecule has 0 unspecified atom stereocenters. The average molecular weight is 430 g/mol. The van der Waals surface area contributed by atoms with E-state index in [1.54, 1.807) is 34.9 Å². The Morgan fingerprint density at radius 3 is 2.65 bits per heavy atom. The van der Waals surface area contributed by atoms with Crippen LogP contribution < -0.4 is 16.3 Å². The molecule has 2 heterocycles. The van der Waals surface area contributed by atoms with E-state index in [1.165, 1.54) is 0 Å². The molecule has 0 saturated carbocycles. The zero-order valence-electron chi connectivity index (χ0n) is 18.7. The number of fused-ring (bicyclic) bond motifs is 3. The first-order valence-corrected chi connectivity index (χ1v) is 10.2. The molecule has 1 aliphatic heterocycles. The minimum atomic E-state index is -0.954. The van der Waals surface area contributed by atoms with Gasteiger partial charge in [0, 0.05) is 25.6 Å². The Labute approximate surface area is 182 Å². The molecule has 0 radical (unpaired) electrons. The smallest absolute Gasteiger partial charge is 0.354 e. The molecule has 0 amide bonds. The highest BCUT2D eigenvalue weighted by molar-refractivity contribution is 6.01. The maximum Gasteiger partial charge on any atom is 0.354 e. The Balaban J connectivity index is 2.25. The number of hydrogen-bond acceptors (Lipinski definition) is 7. The number of carbonyl (C=O) groups is 1. The second-order valence-electron chi connectivity index (χ2n) is 8.28. The van der Waals surface area contributed by atoms with Crippen molar-refractivity contribution in [3.8, 4) is 17.0 Å². The highest BCUT2D eigenvalue weighted by Gasteiger charge is 2.30. The quantitative estimate of drug-likeness (QED) is 0.201. The third kappa shape index (κ3) is 4.67. The Morgan fingerprint density at radius 2 is 2.06 bits per heavy atom. The van der Waals surface area contributed by atoms with Crippen LogP contribution in [0.1, 0.15) is 48.0 Å². The fourth-order valence-corrected chi connectivity index (χ4v) is 4.01. The molecule has 2 aromatic rings. The second kappa shape index (κ2) is 8.60. The van der Waals surface area contributed by atoms with Gasteiger partial charge in [0.2, 0.25) is 0 Å². The Hall–Kier alpha value is -3.04. The largest absolute Gasteiger partial charge is 0.496 e. The van der Waals surface area contributed by atoms with E-state index >= 15 is 0 Å². The van der Waals surface area contributed by atoms with Crippen LogP contribution in [0.15, 0.2) is 23.3 Å². The summed E-state index contributed by atoms with van der Waals surface area (Å²) in [6.45, 7) is 6.16. The third-order valence-corrected chi connectivity index (χ3v) is 5.11. The van der Waals surface area contributed by atoms with Gasteiger partial charge >= 0.3 is 5.97 Å². The summed E-state index contributed by atoms with van der Waals surface area (Å²) in [4.78, 5) is 12.6. The minimum Gasteiger partial charge on any atom is -0.496 e. The number of hydrazone groups is 1. The average Bonchev–Trinajstić information content (AvgIpc) is 3.03. The van der Waals surface area contributed by atoms with Gasteiger partial charge in [-0.25, -0.2) is 15.8 Å². The molecule has 1 aromatic carbocycles. The van der Waals surface area contributed by atoms with Crippen molar-refractivity contribution < 1.29 is 19.4 Å². The number of methoxy groups -OCH3 is 1. The van der Waals surface area contributed by atoms with E-state index in [0.29, 0.717) is 36.4 Å². The summed E-state index contributed by atoms with van der Waals surface area (Å²) in [6.07, 6.45) is 1.08. The van der Waals surface area contributed by atoms with Crippen LogP contribution in [-0.4, -0.2) is 53.0 Å². The van der Waals surface area contributed by atoms with Crippen molar-refractivity contribution >= 4 is 11.8 Å². The molecule has 0 atom stereocenters. The van der Waals surface area contributed by atoms with Crippen molar-refractivity contribution in [3.63, 3.8) is 0 Å². The lowest BCUT2D eigenvalue weighted by Crippen LogP contribution is -2.26. The van der Waals surface area contributed by atoms with Gasteiger partial charge in [-0.3, -0.25) is 0 Å². The Kier molecular flexibility index (Phi) is 6.28. The Morgan fingerprint density at radius 1 is 1.35 bits per heavy atom. The number of carbonyl (C=O) groups excluding carboxylic acids is 1. The first-order chi connectivity index (χ1) is 14.6. The first-order valence-electron chi connectivity index (χ1n) is 10.2. The number of nitrogens with two attached hydrogens (primary N) is 2. The molecule has 9 nitrogen and oxygen atoms in total. The molecule has 3 rings (SSSR count). The normalized spacial score (nSPS) is 13.5. The fraction of sp³-hybridized carbons (Fsp3) is 0.455. The summed E-state index contributed by atoms with van der Waals surface area (Å²) in [7, 11) is 3.16. The summed E-state index contributed by atoms with van der Waals surface area (Å²) < 4.78 is 12.8. The summed E-state index contributed by atoms with van der Waals surface area (Å²) in [5, 5.41) is 15.7. The van der Waals surface area contributed by atoms with Gasteiger partial charge in [-0.05, 0) is 56.5 Å². The van der Waals surface area contributed by atoms with Crippen LogP contribution >= 0.6 is 0 Å². The minimum absolute atomic E-state index is 0.211. The van der Waals surface area contributed by atoms with Crippen molar-refractivity contribution in [2.24, 2.45) is 16.7 Å². The number of nitrogens with zero attached hydrogens (tertiary/aromatic N) is 3. The number of rotatable bonds is 7. The van der Waals surface area contributed by atoms with Crippen molar-refractivity contribution in [3.05, 3.63) is 40.6 Å². The standard InChI is InChI=1S/C22H31N5O4/c1-6-31-21(28)17-9-14(12-22(2,3)29)19-15-11-16(20(23)25-26(4)24)18(30-5)10-13(15)7-8-27(17)19/h9-11,29H,6-8,12,24H2,1-5H3,(H2,23,25). The zero-order chi connectivity index (χ0) is 22.9. The first kappa shape index (κ1) is 22.6. The molecular formula is C22H31N5O4. The van der Waals surface area contributed by atoms with Gasteiger partial charge in [-0.15, -0.1) is 5.10 Å². The number of benzene rings is 1. The third-order valence-electron chi connectivity index (χ3n) is 5.11. The predicted octanol–water partition coefficient (Wildman–Crippen LogP) is 1.64. The van der Waals surface area contributed by atoms with Crippen molar-refractivity contribution in [2.45, 2.75) is 45.8 Å². The number of ether oxygens (including phenoxy) is 2. The van der Waals surface area contributed by atoms with Crippen LogP contribution in [0.3, 0.4) is 0 Å². The van der Waals surface area contributed by atoms with E-state index in [1.807, 2.05) is 22.8 Å². The predicted molar refractivity (Wildman–Crippen MR) is 119 cm³/mol. The maximum atomic E-state index is 12.6. The lowest BCUT2D eigenvalue weighted by atomic mass is 9.90. The van der Waals surface area contributed by atoms with Crippen LogP contribution in [0.25, 0.3) is 11.3 Å². The number of hydrazine groups is 1. The molecule has 0 saturated heterocycles. The van der Waals surface area contributed by atoms with Gasteiger partial charge in [0.05, 0.1) is 30.6 Å². The number of amidine groups is 1. The van der Waals surface area contributed by atoms with E-state index < -0.39 is 5.60 Å². The summed E-state index contributed by atoms with van der Waals surface area (Å²) in [5.74, 6) is 6.06. The van der Waals surface area contributed by atoms with Crippen LogP contribution in [0.5, 0.6) is 5.75 Å². The van der Waals surface area contributed by atoms with Crippen molar-refractivity contribution in [1.29, 1.82) is 0 Å². The van der Waals surface area contributed by atoms with Crippen molar-refractivity contribution in [2.75, 3.05) is 20.8 Å². The maximum absolute atomic E-state index is 12.6. The number of aliphatic hydroxyl groups is 1. The lowest BCUT2D eigenvalue weighted by molar-refractivity contribution is 0.0513. The number of aromatic nitrogens is 1. The van der Waals surface area contributed by atoms with Crippen LogP contribution in [-0.2, 0) is 24.1 Å². The zero-order valence-corrected chi connectivity index (χ0v) is 18.7. The molecule has 0 aliphatic carbocycles. The highest BCUT2D eigenvalue weighted by atomic mass is 16.5. The van der Waals surface area contributed by atoms with Gasteiger partial charge in [-0.2, -0.15) is 0 Å². The van der Waals surface area contributed by atoms with E-state index in [-0.39, 0.29) is 18.4 Å². The van der Waals surface area contributed by atoms with Crippen LogP contribution in [0.2, 0.25) is 0 Å². The van der Waals surface area contributed by atoms with Crippen LogP contribution in [0.4, 0.5) is 0 Å². The van der Waals surface area contributed by atoms with Gasteiger partial charge in [0.15, 0.2) is 5.84 Å². The monoisotopic (exact) mass is 429 g/mol. The lowest BCUT2D eigenvalue weighted by Gasteiger charge is -2.25. The molecule has 9 heteroatoms. The van der Waals surface area contributed by atoms with Crippen LogP contribution in [0, 0.1) is 0 Å².